The highest BCUT2D eigenvalue weighted by Crippen LogP contribution is 2.09. The van der Waals surface area contributed by atoms with Crippen molar-refractivity contribution >= 4 is 29.3 Å². The van der Waals surface area contributed by atoms with Gasteiger partial charge in [0.25, 0.3) is 0 Å². The second-order valence-corrected chi connectivity index (χ2v) is 4.36. The summed E-state index contributed by atoms with van der Waals surface area (Å²) in [7, 11) is 0. The van der Waals surface area contributed by atoms with Gasteiger partial charge in [0.2, 0.25) is 11.8 Å². The quantitative estimate of drug-likeness (QED) is 0.808. The fourth-order valence-corrected chi connectivity index (χ4v) is 1.64. The van der Waals surface area contributed by atoms with Gasteiger partial charge in [0.1, 0.15) is 0 Å². The van der Waals surface area contributed by atoms with Crippen molar-refractivity contribution in [2.24, 2.45) is 5.73 Å². The minimum Gasteiger partial charge on any atom is -0.369 e. The van der Waals surface area contributed by atoms with E-state index in [9.17, 15) is 9.59 Å². The van der Waals surface area contributed by atoms with Crippen LogP contribution in [-0.4, -0.2) is 23.3 Å². The van der Waals surface area contributed by atoms with Crippen LogP contribution in [0.25, 0.3) is 0 Å². The van der Waals surface area contributed by atoms with Crippen molar-refractivity contribution in [2.75, 3.05) is 16.8 Å². The number of rotatable bonds is 5. The molecule has 1 aromatic rings. The van der Waals surface area contributed by atoms with Crippen LogP contribution in [0.3, 0.4) is 0 Å². The number of hydrogen-bond donors (Lipinski definition) is 2. The van der Waals surface area contributed by atoms with E-state index < -0.39 is 5.91 Å². The molecule has 0 fully saturated rings. The molecule has 0 saturated carbocycles. The average Bonchev–Trinajstić information content (AvgIpc) is 2.21. The monoisotopic (exact) mass is 238 g/mol. The summed E-state index contributed by atoms with van der Waals surface area (Å²) in [6.45, 7) is 1.98. The lowest BCUT2D eigenvalue weighted by molar-refractivity contribution is -0.115. The third-order valence-electron chi connectivity index (χ3n) is 1.81. The first-order valence-corrected chi connectivity index (χ1v) is 5.96. The number of hydrogen-bond acceptors (Lipinski definition) is 3. The Morgan fingerprint density at radius 1 is 1.25 bits per heavy atom. The fourth-order valence-electron chi connectivity index (χ4n) is 1.08. The number of amides is 2. The molecule has 0 spiro atoms. The number of anilines is 1. The molecule has 3 N–H and O–H groups in total. The Hall–Kier alpha value is -1.49. The molecule has 1 rings (SSSR count). The van der Waals surface area contributed by atoms with Gasteiger partial charge in [-0.1, -0.05) is 17.7 Å². The second kappa shape index (κ2) is 6.17. The zero-order valence-electron chi connectivity index (χ0n) is 9.03. The van der Waals surface area contributed by atoms with Gasteiger partial charge in [-0.2, -0.15) is 0 Å². The lowest BCUT2D eigenvalue weighted by Gasteiger charge is -2.04. The first-order chi connectivity index (χ1) is 7.58. The largest absolute Gasteiger partial charge is 0.369 e. The van der Waals surface area contributed by atoms with E-state index in [0.717, 1.165) is 11.3 Å². The van der Waals surface area contributed by atoms with Crippen LogP contribution in [-0.2, 0) is 9.59 Å². The minimum atomic E-state index is -0.409. The van der Waals surface area contributed by atoms with Crippen molar-refractivity contribution in [2.45, 2.75) is 6.92 Å². The number of nitrogens with two attached hydrogens (primary N) is 1. The van der Waals surface area contributed by atoms with Gasteiger partial charge in [-0.3, -0.25) is 9.59 Å². The molecule has 86 valence electrons. The fraction of sp³-hybridized carbons (Fsp3) is 0.273. The van der Waals surface area contributed by atoms with Crippen LogP contribution in [0.1, 0.15) is 5.56 Å². The molecule has 0 aliphatic carbocycles. The SMILES string of the molecule is Cc1ccc(NC(=O)CSCC(N)=O)cc1. The smallest absolute Gasteiger partial charge is 0.234 e. The molecule has 0 unspecified atom stereocenters. The molecule has 0 aliphatic heterocycles. The van der Waals surface area contributed by atoms with Crippen LogP contribution in [0.2, 0.25) is 0 Å². The minimum absolute atomic E-state index is 0.130. The van der Waals surface area contributed by atoms with E-state index in [1.165, 1.54) is 11.8 Å². The topological polar surface area (TPSA) is 72.2 Å². The van der Waals surface area contributed by atoms with Crippen LogP contribution >= 0.6 is 11.8 Å². The second-order valence-electron chi connectivity index (χ2n) is 3.37. The lowest BCUT2D eigenvalue weighted by atomic mass is 10.2. The Bertz CT molecular complexity index is 376. The van der Waals surface area contributed by atoms with Gasteiger partial charge >= 0.3 is 0 Å². The van der Waals surface area contributed by atoms with Gasteiger partial charge in [0, 0.05) is 5.69 Å². The molecule has 0 bridgehead atoms. The summed E-state index contributed by atoms with van der Waals surface area (Å²) in [6, 6.07) is 7.52. The van der Waals surface area contributed by atoms with E-state index in [4.69, 9.17) is 5.73 Å². The zero-order valence-corrected chi connectivity index (χ0v) is 9.84. The Labute approximate surface area is 98.6 Å². The van der Waals surface area contributed by atoms with Crippen LogP contribution in [0.15, 0.2) is 24.3 Å². The predicted molar refractivity (Wildman–Crippen MR) is 66.3 cm³/mol. The van der Waals surface area contributed by atoms with Crippen molar-refractivity contribution in [3.05, 3.63) is 29.8 Å². The molecule has 0 aromatic heterocycles. The maximum absolute atomic E-state index is 11.4. The number of benzene rings is 1. The van der Waals surface area contributed by atoms with Gasteiger partial charge in [0.05, 0.1) is 11.5 Å². The molecule has 0 radical (unpaired) electrons. The van der Waals surface area contributed by atoms with E-state index >= 15 is 0 Å². The normalized spacial score (nSPS) is 9.81. The van der Waals surface area contributed by atoms with Crippen LogP contribution in [0.5, 0.6) is 0 Å². The van der Waals surface area contributed by atoms with Crippen molar-refractivity contribution in [1.82, 2.24) is 0 Å². The van der Waals surface area contributed by atoms with E-state index in [0.29, 0.717) is 0 Å². The summed E-state index contributed by atoms with van der Waals surface area (Å²) < 4.78 is 0. The lowest BCUT2D eigenvalue weighted by Crippen LogP contribution is -2.18. The first-order valence-electron chi connectivity index (χ1n) is 4.80. The highest BCUT2D eigenvalue weighted by molar-refractivity contribution is 8.00. The summed E-state index contributed by atoms with van der Waals surface area (Å²) in [6.07, 6.45) is 0. The highest BCUT2D eigenvalue weighted by Gasteiger charge is 2.03. The number of aryl methyl sites for hydroxylation is 1. The van der Waals surface area contributed by atoms with Gasteiger partial charge < -0.3 is 11.1 Å². The summed E-state index contributed by atoms with van der Waals surface area (Å²) in [4.78, 5) is 21.8. The summed E-state index contributed by atoms with van der Waals surface area (Å²) in [5.41, 5.74) is 6.86. The average molecular weight is 238 g/mol. The van der Waals surface area contributed by atoms with Crippen LogP contribution < -0.4 is 11.1 Å². The zero-order chi connectivity index (χ0) is 12.0. The molecule has 16 heavy (non-hydrogen) atoms. The Kier molecular flexibility index (Phi) is 4.85. The summed E-state index contributed by atoms with van der Waals surface area (Å²) >= 11 is 1.21. The third kappa shape index (κ3) is 4.84. The van der Waals surface area contributed by atoms with E-state index in [1.54, 1.807) is 0 Å². The number of thioether (sulfide) groups is 1. The van der Waals surface area contributed by atoms with E-state index in [1.807, 2.05) is 31.2 Å². The van der Waals surface area contributed by atoms with Crippen LogP contribution in [0, 0.1) is 6.92 Å². The molecule has 0 saturated heterocycles. The Morgan fingerprint density at radius 3 is 2.44 bits per heavy atom. The predicted octanol–water partition coefficient (Wildman–Crippen LogP) is 1.15. The molecule has 1 aromatic carbocycles. The number of carbonyl (C=O) groups excluding carboxylic acids is 2. The molecule has 2 amide bonds. The van der Waals surface area contributed by atoms with Crippen LogP contribution in [0.4, 0.5) is 5.69 Å². The Morgan fingerprint density at radius 2 is 1.88 bits per heavy atom. The van der Waals surface area contributed by atoms with Crippen molar-refractivity contribution in [3.63, 3.8) is 0 Å². The standard InChI is InChI=1S/C11H14N2O2S/c1-8-2-4-9(5-3-8)13-11(15)7-16-6-10(12)14/h2-5H,6-7H2,1H3,(H2,12,14)(H,13,15). The summed E-state index contributed by atoms with van der Waals surface area (Å²) in [5, 5.41) is 2.73. The van der Waals surface area contributed by atoms with Crippen molar-refractivity contribution in [3.8, 4) is 0 Å². The maximum atomic E-state index is 11.4. The first kappa shape index (κ1) is 12.6. The third-order valence-corrected chi connectivity index (χ3v) is 2.77. The molecule has 0 heterocycles. The molecule has 0 atom stereocenters. The number of primary amides is 1. The number of carbonyl (C=O) groups is 2. The van der Waals surface area contributed by atoms with Crippen molar-refractivity contribution < 1.29 is 9.59 Å². The van der Waals surface area contributed by atoms with Gasteiger partial charge in [-0.05, 0) is 19.1 Å². The Balaban J connectivity index is 2.34. The van der Waals surface area contributed by atoms with E-state index in [-0.39, 0.29) is 17.4 Å². The molecule has 0 aliphatic rings. The molecule has 5 heteroatoms. The van der Waals surface area contributed by atoms with Gasteiger partial charge in [-0.15, -0.1) is 11.8 Å². The van der Waals surface area contributed by atoms with Gasteiger partial charge in [-0.25, -0.2) is 0 Å². The molecular weight excluding hydrogens is 224 g/mol. The molecular formula is C11H14N2O2S. The van der Waals surface area contributed by atoms with Gasteiger partial charge in [0.15, 0.2) is 0 Å². The maximum Gasteiger partial charge on any atom is 0.234 e. The highest BCUT2D eigenvalue weighted by atomic mass is 32.2. The van der Waals surface area contributed by atoms with E-state index in [2.05, 4.69) is 5.32 Å². The summed E-state index contributed by atoms with van der Waals surface area (Å²) in [5.74, 6) is -0.138. The number of nitrogens with one attached hydrogen (secondary N) is 1. The molecule has 4 nitrogen and oxygen atoms in total. The van der Waals surface area contributed by atoms with Crippen molar-refractivity contribution in [1.29, 1.82) is 0 Å².